The molecule has 1 heteroatoms. The molecule has 0 saturated heterocycles. The van der Waals surface area contributed by atoms with Gasteiger partial charge in [0.1, 0.15) is 0 Å². The number of hydrogen-bond donors (Lipinski definition) is 0. The first-order valence-electron chi connectivity index (χ1n) is 22.2. The Hall–Kier alpha value is -7.74. The Morgan fingerprint density at radius 2 is 0.794 bits per heavy atom. The van der Waals surface area contributed by atoms with Crippen LogP contribution in [0.5, 0.6) is 0 Å². The SMILES string of the molecule is CC1(C)c2ccccc2-c2c(-c3ccccc3N(c3ccc(-c4ccc5c(c4)-c4ccccc4C54c5ccccc5-c5ccccc54)cc3)c3cccc4ccccc34)cccc21. The van der Waals surface area contributed by atoms with Crippen molar-refractivity contribution < 1.29 is 0 Å². The van der Waals surface area contributed by atoms with E-state index in [4.69, 9.17) is 0 Å². The van der Waals surface area contributed by atoms with Gasteiger partial charge in [-0.2, -0.15) is 0 Å². The minimum absolute atomic E-state index is 0.0890. The third kappa shape index (κ3) is 4.94. The number of rotatable bonds is 5. The molecule has 0 amide bonds. The van der Waals surface area contributed by atoms with Gasteiger partial charge in [-0.1, -0.05) is 208 Å². The molecule has 0 heterocycles. The molecule has 1 spiro atoms. The first-order chi connectivity index (χ1) is 31.0. The molecule has 0 aliphatic heterocycles. The van der Waals surface area contributed by atoms with Gasteiger partial charge in [-0.3, -0.25) is 0 Å². The van der Waals surface area contributed by atoms with Gasteiger partial charge in [0.2, 0.25) is 0 Å². The number of para-hydroxylation sites is 1. The van der Waals surface area contributed by atoms with Crippen LogP contribution in [0.1, 0.15) is 47.2 Å². The minimum atomic E-state index is -0.343. The Morgan fingerprint density at radius 1 is 0.317 bits per heavy atom. The van der Waals surface area contributed by atoms with Gasteiger partial charge in [-0.05, 0) is 119 Å². The molecular formula is C62H43N. The molecule has 10 aromatic rings. The Morgan fingerprint density at radius 3 is 1.51 bits per heavy atom. The van der Waals surface area contributed by atoms with Crippen LogP contribution in [0.3, 0.4) is 0 Å². The van der Waals surface area contributed by atoms with Crippen LogP contribution in [0.25, 0.3) is 66.4 Å². The molecular weight excluding hydrogens is 759 g/mol. The lowest BCUT2D eigenvalue weighted by molar-refractivity contribution is 0.660. The number of nitrogens with zero attached hydrogens (tertiary/aromatic N) is 1. The van der Waals surface area contributed by atoms with Gasteiger partial charge in [-0.15, -0.1) is 0 Å². The van der Waals surface area contributed by atoms with E-state index in [1.54, 1.807) is 0 Å². The second-order valence-electron chi connectivity index (χ2n) is 17.9. The van der Waals surface area contributed by atoms with Gasteiger partial charge in [-0.25, -0.2) is 0 Å². The fourth-order valence-electron chi connectivity index (χ4n) is 11.8. The zero-order valence-electron chi connectivity index (χ0n) is 35.3. The van der Waals surface area contributed by atoms with Crippen molar-refractivity contribution >= 4 is 27.8 Å². The van der Waals surface area contributed by atoms with E-state index in [9.17, 15) is 0 Å². The van der Waals surface area contributed by atoms with E-state index in [2.05, 4.69) is 243 Å². The minimum Gasteiger partial charge on any atom is -0.309 e. The van der Waals surface area contributed by atoms with E-state index in [1.165, 1.54) is 99.8 Å². The summed E-state index contributed by atoms with van der Waals surface area (Å²) in [5.74, 6) is 0. The largest absolute Gasteiger partial charge is 0.309 e. The molecule has 3 aliphatic carbocycles. The quantitative estimate of drug-likeness (QED) is 0.168. The molecule has 0 radical (unpaired) electrons. The van der Waals surface area contributed by atoms with Crippen molar-refractivity contribution in [1.29, 1.82) is 0 Å². The summed E-state index contributed by atoms with van der Waals surface area (Å²) in [6.45, 7) is 4.73. The van der Waals surface area contributed by atoms with Crippen molar-refractivity contribution in [2.45, 2.75) is 24.7 Å². The molecule has 0 aromatic heterocycles. The molecule has 3 aliphatic rings. The highest BCUT2D eigenvalue weighted by atomic mass is 15.1. The van der Waals surface area contributed by atoms with E-state index in [0.29, 0.717) is 0 Å². The zero-order valence-corrected chi connectivity index (χ0v) is 35.3. The smallest absolute Gasteiger partial charge is 0.0725 e. The number of anilines is 3. The predicted molar refractivity (Wildman–Crippen MR) is 263 cm³/mol. The van der Waals surface area contributed by atoms with E-state index in [-0.39, 0.29) is 10.8 Å². The van der Waals surface area contributed by atoms with Crippen LogP contribution in [-0.2, 0) is 10.8 Å². The molecule has 296 valence electrons. The summed E-state index contributed by atoms with van der Waals surface area (Å²) >= 11 is 0. The Labute approximate surface area is 369 Å². The molecule has 0 bridgehead atoms. The summed E-state index contributed by atoms with van der Waals surface area (Å²) in [6, 6.07) is 83.8. The molecule has 0 fully saturated rings. The van der Waals surface area contributed by atoms with Crippen LogP contribution in [0.2, 0.25) is 0 Å². The summed E-state index contributed by atoms with van der Waals surface area (Å²) in [4.78, 5) is 2.48. The van der Waals surface area contributed by atoms with Crippen LogP contribution < -0.4 is 4.90 Å². The predicted octanol–water partition coefficient (Wildman–Crippen LogP) is 16.3. The second-order valence-corrected chi connectivity index (χ2v) is 17.9. The maximum Gasteiger partial charge on any atom is 0.0725 e. The Balaban J connectivity index is 0.969. The first kappa shape index (κ1) is 36.0. The summed E-state index contributed by atoms with van der Waals surface area (Å²) < 4.78 is 0. The molecule has 0 N–H and O–H groups in total. The van der Waals surface area contributed by atoms with Crippen LogP contribution in [0.4, 0.5) is 17.1 Å². The molecule has 0 saturated carbocycles. The third-order valence-electron chi connectivity index (χ3n) is 14.5. The monoisotopic (exact) mass is 801 g/mol. The van der Waals surface area contributed by atoms with E-state index in [0.717, 1.165) is 17.1 Å². The van der Waals surface area contributed by atoms with Crippen molar-refractivity contribution in [2.24, 2.45) is 0 Å². The van der Waals surface area contributed by atoms with Crippen LogP contribution >= 0.6 is 0 Å². The highest BCUT2D eigenvalue weighted by Crippen LogP contribution is 2.63. The molecule has 13 rings (SSSR count). The Bertz CT molecular complexity index is 3440. The standard InChI is InChI=1S/C62H43N/c1-61(2)52-26-10-8-24-50(52)60-49(25-16-30-57(60)61)48-23-9-14-31-59(48)63(58-32-15-18-41-17-3-4-19-44(41)58)43-36-33-40(34-37-43)42-35-38-56-51(39-42)47-22-7-13-29-55(47)62(56)53-27-11-5-20-45(53)46-21-6-12-28-54(46)62/h3-39H,1-2H3. The Kier molecular flexibility index (Phi) is 7.64. The summed E-state index contributed by atoms with van der Waals surface area (Å²) in [5, 5.41) is 2.43. The van der Waals surface area contributed by atoms with Gasteiger partial charge >= 0.3 is 0 Å². The van der Waals surface area contributed by atoms with Crippen molar-refractivity contribution in [3.63, 3.8) is 0 Å². The fourth-order valence-corrected chi connectivity index (χ4v) is 11.8. The van der Waals surface area contributed by atoms with Crippen LogP contribution in [-0.4, -0.2) is 0 Å². The maximum absolute atomic E-state index is 2.48. The lowest BCUT2D eigenvalue weighted by Gasteiger charge is -2.30. The third-order valence-corrected chi connectivity index (χ3v) is 14.5. The molecule has 1 nitrogen and oxygen atoms in total. The van der Waals surface area contributed by atoms with E-state index < -0.39 is 0 Å². The van der Waals surface area contributed by atoms with E-state index >= 15 is 0 Å². The van der Waals surface area contributed by atoms with Crippen LogP contribution in [0.15, 0.2) is 224 Å². The van der Waals surface area contributed by atoms with Crippen LogP contribution in [0, 0.1) is 0 Å². The topological polar surface area (TPSA) is 3.24 Å². The highest BCUT2D eigenvalue weighted by Gasteiger charge is 2.51. The average Bonchev–Trinajstić information content (AvgIpc) is 3.90. The molecule has 10 aromatic carbocycles. The van der Waals surface area contributed by atoms with Gasteiger partial charge in [0.05, 0.1) is 16.8 Å². The summed E-state index contributed by atoms with van der Waals surface area (Å²) in [7, 11) is 0. The highest BCUT2D eigenvalue weighted by molar-refractivity contribution is 6.04. The van der Waals surface area contributed by atoms with Crippen molar-refractivity contribution in [3.05, 3.63) is 258 Å². The first-order valence-corrected chi connectivity index (χ1v) is 22.2. The lowest BCUT2D eigenvalue weighted by atomic mass is 9.70. The van der Waals surface area contributed by atoms with Gasteiger partial charge in [0.25, 0.3) is 0 Å². The average molecular weight is 802 g/mol. The van der Waals surface area contributed by atoms with Crippen molar-refractivity contribution in [3.8, 4) is 55.6 Å². The normalized spacial score (nSPS) is 14.1. The van der Waals surface area contributed by atoms with Gasteiger partial charge < -0.3 is 4.90 Å². The fraction of sp³-hybridized carbons (Fsp3) is 0.0645. The number of fused-ring (bicyclic) bond motifs is 14. The summed E-state index contributed by atoms with van der Waals surface area (Å²) in [5.41, 5.74) is 24.0. The van der Waals surface area contributed by atoms with Gasteiger partial charge in [0.15, 0.2) is 0 Å². The molecule has 0 atom stereocenters. The maximum atomic E-state index is 2.48. The van der Waals surface area contributed by atoms with E-state index in [1.807, 2.05) is 0 Å². The summed E-state index contributed by atoms with van der Waals surface area (Å²) in [6.07, 6.45) is 0. The number of benzene rings is 10. The van der Waals surface area contributed by atoms with Crippen molar-refractivity contribution in [1.82, 2.24) is 0 Å². The molecule has 63 heavy (non-hydrogen) atoms. The van der Waals surface area contributed by atoms with Gasteiger partial charge in [0, 0.05) is 22.1 Å². The van der Waals surface area contributed by atoms with Crippen molar-refractivity contribution in [2.75, 3.05) is 4.90 Å². The zero-order chi connectivity index (χ0) is 41.9. The number of hydrogen-bond acceptors (Lipinski definition) is 1. The lowest BCUT2D eigenvalue weighted by Crippen LogP contribution is -2.25. The second kappa shape index (κ2) is 13.4. The molecule has 0 unspecified atom stereocenters.